The first kappa shape index (κ1) is 39.5. The lowest BCUT2D eigenvalue weighted by Crippen LogP contribution is -2.09. The number of hydrogen-bond acceptors (Lipinski definition) is 3. The van der Waals surface area contributed by atoms with Gasteiger partial charge in [0.2, 0.25) is 0 Å². The summed E-state index contributed by atoms with van der Waals surface area (Å²) in [7, 11) is 0. The lowest BCUT2D eigenvalue weighted by molar-refractivity contribution is 0.669. The molecule has 0 spiro atoms. The van der Waals surface area contributed by atoms with Crippen LogP contribution in [0, 0.1) is 0 Å². The maximum atomic E-state index is 6.61. The number of aliphatic imine (C=N–C) groups is 2. The van der Waals surface area contributed by atoms with Crippen LogP contribution in [0.3, 0.4) is 0 Å². The summed E-state index contributed by atoms with van der Waals surface area (Å²) in [5, 5.41) is 2.14. The summed E-state index contributed by atoms with van der Waals surface area (Å²) < 4.78 is 6.61. The van der Waals surface area contributed by atoms with E-state index in [0.717, 1.165) is 81.3 Å². The fraction of sp³-hybridized carbons (Fsp3) is 0.0794. The van der Waals surface area contributed by atoms with Gasteiger partial charge in [-0.25, -0.2) is 9.98 Å². The van der Waals surface area contributed by atoms with Crippen LogP contribution in [-0.4, -0.2) is 11.5 Å². The van der Waals surface area contributed by atoms with Crippen molar-refractivity contribution in [1.82, 2.24) is 0 Å². The van der Waals surface area contributed by atoms with Gasteiger partial charge in [-0.1, -0.05) is 194 Å². The maximum absolute atomic E-state index is 6.61. The molecule has 0 saturated carbocycles. The van der Waals surface area contributed by atoms with Crippen LogP contribution in [0.15, 0.2) is 239 Å². The Morgan fingerprint density at radius 2 is 1.03 bits per heavy atom. The Kier molecular flexibility index (Phi) is 10.2. The van der Waals surface area contributed by atoms with Crippen molar-refractivity contribution in [2.24, 2.45) is 9.98 Å². The number of amidine groups is 1. The molecule has 1 unspecified atom stereocenters. The zero-order valence-electron chi connectivity index (χ0n) is 36.6. The molecule has 0 bridgehead atoms. The summed E-state index contributed by atoms with van der Waals surface area (Å²) in [5.74, 6) is 0.916. The van der Waals surface area contributed by atoms with Gasteiger partial charge in [-0.15, -0.1) is 0 Å². The van der Waals surface area contributed by atoms with Gasteiger partial charge in [0.15, 0.2) is 5.84 Å². The van der Waals surface area contributed by atoms with Crippen LogP contribution < -0.4 is 0 Å². The molecule has 0 N–H and O–H groups in total. The van der Waals surface area contributed by atoms with Gasteiger partial charge in [0.1, 0.15) is 11.2 Å². The van der Waals surface area contributed by atoms with E-state index < -0.39 is 0 Å². The number of aryl methyl sites for hydroxylation is 1. The van der Waals surface area contributed by atoms with E-state index in [4.69, 9.17) is 14.4 Å². The van der Waals surface area contributed by atoms with Crippen molar-refractivity contribution in [3.05, 3.63) is 258 Å². The highest BCUT2D eigenvalue weighted by atomic mass is 16.3. The van der Waals surface area contributed by atoms with Gasteiger partial charge < -0.3 is 4.42 Å². The van der Waals surface area contributed by atoms with Gasteiger partial charge >= 0.3 is 0 Å². The Bertz CT molecular complexity index is 3450. The minimum atomic E-state index is 0.210. The van der Waals surface area contributed by atoms with Gasteiger partial charge in [0.25, 0.3) is 0 Å². The van der Waals surface area contributed by atoms with Crippen molar-refractivity contribution >= 4 is 39.2 Å². The van der Waals surface area contributed by atoms with Crippen molar-refractivity contribution in [2.75, 3.05) is 0 Å². The molecule has 2 heterocycles. The van der Waals surface area contributed by atoms with Crippen LogP contribution in [0.5, 0.6) is 0 Å². The lowest BCUT2D eigenvalue weighted by atomic mass is 9.82. The molecule has 1 aromatic heterocycles. The summed E-state index contributed by atoms with van der Waals surface area (Å²) >= 11 is 0. The molecule has 9 aromatic carbocycles. The van der Waals surface area contributed by atoms with E-state index in [0.29, 0.717) is 5.84 Å². The number of allylic oxidation sites excluding steroid dienone is 1. The normalized spacial score (nSPS) is 14.8. The van der Waals surface area contributed by atoms with Crippen LogP contribution in [0.4, 0.5) is 0 Å². The van der Waals surface area contributed by atoms with Crippen molar-refractivity contribution in [3.63, 3.8) is 0 Å². The predicted octanol–water partition coefficient (Wildman–Crippen LogP) is 16.4. The van der Waals surface area contributed by atoms with Crippen molar-refractivity contribution in [1.29, 1.82) is 0 Å². The molecule has 2 aliphatic rings. The van der Waals surface area contributed by atoms with Crippen molar-refractivity contribution < 1.29 is 4.42 Å². The number of hydrogen-bond donors (Lipinski definition) is 0. The fourth-order valence-electron chi connectivity index (χ4n) is 10.2. The Morgan fingerprint density at radius 3 is 1.76 bits per heavy atom. The van der Waals surface area contributed by atoms with Crippen molar-refractivity contribution in [2.45, 2.75) is 31.6 Å². The third kappa shape index (κ3) is 7.49. The molecule has 0 fully saturated rings. The average molecular weight is 847 g/mol. The van der Waals surface area contributed by atoms with E-state index in [9.17, 15) is 0 Å². The van der Waals surface area contributed by atoms with E-state index >= 15 is 0 Å². The number of fused-ring (bicyclic) bond motifs is 6. The van der Waals surface area contributed by atoms with E-state index in [1.165, 1.54) is 55.6 Å². The summed E-state index contributed by atoms with van der Waals surface area (Å²) in [6.45, 7) is 0. The molecule has 10 aromatic rings. The van der Waals surface area contributed by atoms with Gasteiger partial charge in [-0.05, 0) is 123 Å². The molecular weight excluding hydrogens is 801 g/mol. The average Bonchev–Trinajstić information content (AvgIpc) is 3.67. The van der Waals surface area contributed by atoms with Crippen LogP contribution in [0.1, 0.15) is 58.6 Å². The van der Waals surface area contributed by atoms with Gasteiger partial charge in [-0.3, -0.25) is 0 Å². The standard InChI is InChI=1S/C63H46N2O/c1-5-17-42(18-6-1)49-37-50(43-19-7-2-8-20-43)39-51(38-49)53-34-31-44-21-13-14-26-52(44)56-40-47(32-35-54(53)56)48-33-36-60-57(41-48)62-55(27-15-30-61(62)66-60)59-29-16-28-58(45-22-9-3-10-23-45)64-63(65-59)46-24-11-4-12-25-46/h1-15,17-27,29-30,32-33,35-41,53H,16,28,31,34H2. The molecule has 314 valence electrons. The zero-order chi connectivity index (χ0) is 43.8. The number of furan rings is 1. The highest BCUT2D eigenvalue weighted by Crippen LogP contribution is 2.46. The number of nitrogens with zero attached hydrogens (tertiary/aromatic N) is 2. The fourth-order valence-corrected chi connectivity index (χ4v) is 10.2. The van der Waals surface area contributed by atoms with E-state index in [2.05, 4.69) is 212 Å². The molecule has 3 heteroatoms. The van der Waals surface area contributed by atoms with Crippen LogP contribution in [0.25, 0.3) is 72.1 Å². The molecule has 0 amide bonds. The third-order valence-corrected chi connectivity index (χ3v) is 13.4. The van der Waals surface area contributed by atoms with E-state index in [-0.39, 0.29) is 5.92 Å². The summed E-state index contributed by atoms with van der Waals surface area (Å²) in [6.07, 6.45) is 5.92. The maximum Gasteiger partial charge on any atom is 0.160 e. The Labute approximate surface area is 385 Å². The first-order valence-electron chi connectivity index (χ1n) is 23.1. The van der Waals surface area contributed by atoms with Gasteiger partial charge in [0.05, 0.1) is 11.4 Å². The Balaban J connectivity index is 0.980. The zero-order valence-corrected chi connectivity index (χ0v) is 36.6. The summed E-state index contributed by atoms with van der Waals surface area (Å²) in [5.41, 5.74) is 20.8. The molecule has 12 rings (SSSR count). The molecule has 0 radical (unpaired) electrons. The molecule has 1 atom stereocenters. The van der Waals surface area contributed by atoms with E-state index in [1.807, 2.05) is 12.1 Å². The Hall–Kier alpha value is -8.14. The Morgan fingerprint density at radius 1 is 0.409 bits per heavy atom. The molecule has 66 heavy (non-hydrogen) atoms. The molecule has 0 saturated heterocycles. The van der Waals surface area contributed by atoms with Crippen LogP contribution >= 0.6 is 0 Å². The predicted molar refractivity (Wildman–Crippen MR) is 275 cm³/mol. The first-order valence-corrected chi connectivity index (χ1v) is 23.1. The molecular formula is C63H46N2O. The molecule has 1 aliphatic heterocycles. The third-order valence-electron chi connectivity index (χ3n) is 13.4. The van der Waals surface area contributed by atoms with E-state index in [1.54, 1.807) is 0 Å². The highest BCUT2D eigenvalue weighted by Gasteiger charge is 2.26. The first-order chi connectivity index (χ1) is 32.7. The van der Waals surface area contributed by atoms with Gasteiger partial charge in [0, 0.05) is 27.8 Å². The molecule has 3 nitrogen and oxygen atoms in total. The summed E-state index contributed by atoms with van der Waals surface area (Å²) in [6, 6.07) is 78.8. The number of rotatable bonds is 7. The molecule has 1 aliphatic carbocycles. The largest absolute Gasteiger partial charge is 0.456 e. The second kappa shape index (κ2) is 17.1. The number of benzene rings is 9. The second-order valence-electron chi connectivity index (χ2n) is 17.5. The topological polar surface area (TPSA) is 37.9 Å². The van der Waals surface area contributed by atoms with Crippen LogP contribution in [0.2, 0.25) is 0 Å². The monoisotopic (exact) mass is 846 g/mol. The van der Waals surface area contributed by atoms with Crippen molar-refractivity contribution in [3.8, 4) is 44.5 Å². The quantitative estimate of drug-likeness (QED) is 0.157. The smallest absolute Gasteiger partial charge is 0.160 e. The van der Waals surface area contributed by atoms with Gasteiger partial charge in [-0.2, -0.15) is 0 Å². The highest BCUT2D eigenvalue weighted by molar-refractivity contribution is 6.16. The SMILES string of the molecule is C1=C(c2cccc3oc4ccc(-c5ccc6c(c5)-c5ccccc5CCC6c5cc(-c6ccccc6)cc(-c6ccccc6)c5)cc4c23)N=C(c2ccccc2)N=C(c2ccccc2)CC1. The minimum absolute atomic E-state index is 0.210. The lowest BCUT2D eigenvalue weighted by Gasteiger charge is -2.22. The second-order valence-corrected chi connectivity index (χ2v) is 17.5. The summed E-state index contributed by atoms with van der Waals surface area (Å²) in [4.78, 5) is 10.6. The minimum Gasteiger partial charge on any atom is -0.456 e. The van der Waals surface area contributed by atoms with Crippen LogP contribution in [-0.2, 0) is 6.42 Å².